The van der Waals surface area contributed by atoms with Crippen molar-refractivity contribution < 1.29 is 19.1 Å². The molecule has 8 heteroatoms. The van der Waals surface area contributed by atoms with E-state index < -0.39 is 11.9 Å². The lowest BCUT2D eigenvalue weighted by Crippen LogP contribution is -2.17. The van der Waals surface area contributed by atoms with Crippen LogP contribution in [0.25, 0.3) is 0 Å². The van der Waals surface area contributed by atoms with E-state index in [0.717, 1.165) is 25.7 Å². The number of esters is 2. The van der Waals surface area contributed by atoms with Gasteiger partial charge in [0, 0.05) is 17.9 Å². The summed E-state index contributed by atoms with van der Waals surface area (Å²) in [6.07, 6.45) is 3.35. The minimum atomic E-state index is -0.563. The molecule has 0 amide bonds. The minimum absolute atomic E-state index is 0.148. The van der Waals surface area contributed by atoms with Crippen molar-refractivity contribution in [3.63, 3.8) is 0 Å². The standard InChI is InChI=1S/C16H18Br4O4/c1-3-5-7-23-15(21)9-10(16(22)24-8-6-4-2)12(18)14(20)13(19)11(9)17/h3-8H2,1-2H3. The highest BCUT2D eigenvalue weighted by Crippen LogP contribution is 2.42. The molecule has 4 nitrogen and oxygen atoms in total. The summed E-state index contributed by atoms with van der Waals surface area (Å²) in [5.41, 5.74) is 0.295. The van der Waals surface area contributed by atoms with Crippen molar-refractivity contribution in [2.24, 2.45) is 0 Å². The molecule has 0 N–H and O–H groups in total. The molecular weight excluding hydrogens is 576 g/mol. The Morgan fingerprint density at radius 1 is 0.708 bits per heavy atom. The molecule has 0 aliphatic rings. The number of carbonyl (C=O) groups excluding carboxylic acids is 2. The molecule has 134 valence electrons. The summed E-state index contributed by atoms with van der Waals surface area (Å²) < 4.78 is 12.7. The number of ether oxygens (including phenoxy) is 2. The lowest BCUT2D eigenvalue weighted by molar-refractivity contribution is 0.0450. The van der Waals surface area contributed by atoms with Crippen LogP contribution in [0.4, 0.5) is 0 Å². The summed E-state index contributed by atoms with van der Waals surface area (Å²) in [6, 6.07) is 0. The molecule has 0 heterocycles. The molecule has 0 unspecified atom stereocenters. The fraction of sp³-hybridized carbons (Fsp3) is 0.500. The molecule has 24 heavy (non-hydrogen) atoms. The summed E-state index contributed by atoms with van der Waals surface area (Å²) in [6.45, 7) is 4.62. The van der Waals surface area contributed by atoms with Crippen LogP contribution in [0.5, 0.6) is 0 Å². The molecule has 0 saturated heterocycles. The van der Waals surface area contributed by atoms with Gasteiger partial charge >= 0.3 is 11.9 Å². The topological polar surface area (TPSA) is 52.6 Å². The van der Waals surface area contributed by atoms with Crippen LogP contribution in [-0.2, 0) is 9.47 Å². The van der Waals surface area contributed by atoms with Crippen molar-refractivity contribution in [3.05, 3.63) is 29.0 Å². The SMILES string of the molecule is CCCCOC(=O)c1c(Br)c(Br)c(Br)c(Br)c1C(=O)OCCCC. The van der Waals surface area contributed by atoms with Gasteiger partial charge in [-0.3, -0.25) is 0 Å². The molecule has 0 atom stereocenters. The van der Waals surface area contributed by atoms with Crippen LogP contribution in [0.2, 0.25) is 0 Å². The second-order valence-corrected chi connectivity index (χ2v) is 8.16. The molecule has 1 aromatic carbocycles. The average Bonchev–Trinajstić information content (AvgIpc) is 2.56. The number of benzene rings is 1. The van der Waals surface area contributed by atoms with Crippen LogP contribution in [0, 0.1) is 0 Å². The van der Waals surface area contributed by atoms with E-state index in [4.69, 9.17) is 9.47 Å². The Kier molecular flexibility index (Phi) is 10.1. The monoisotopic (exact) mass is 590 g/mol. The van der Waals surface area contributed by atoms with E-state index in [9.17, 15) is 9.59 Å². The first-order valence-electron chi connectivity index (χ1n) is 7.56. The number of carbonyl (C=O) groups is 2. The maximum atomic E-state index is 12.5. The van der Waals surface area contributed by atoms with Crippen LogP contribution in [0.3, 0.4) is 0 Å². The highest BCUT2D eigenvalue weighted by atomic mass is 79.9. The van der Waals surface area contributed by atoms with E-state index in [1.165, 1.54) is 0 Å². The minimum Gasteiger partial charge on any atom is -0.462 e. The molecule has 0 aromatic heterocycles. The number of hydrogen-bond acceptors (Lipinski definition) is 4. The highest BCUT2D eigenvalue weighted by molar-refractivity contribution is 9.15. The summed E-state index contributed by atoms with van der Waals surface area (Å²) in [4.78, 5) is 25.0. The van der Waals surface area contributed by atoms with Gasteiger partial charge in [0.25, 0.3) is 0 Å². The molecule has 1 rings (SSSR count). The first-order chi connectivity index (χ1) is 11.4. The summed E-state index contributed by atoms with van der Waals surface area (Å²) in [7, 11) is 0. The van der Waals surface area contributed by atoms with E-state index in [1.54, 1.807) is 0 Å². The molecular formula is C16H18Br4O4. The molecule has 0 aliphatic carbocycles. The third-order valence-electron chi connectivity index (χ3n) is 3.14. The first-order valence-corrected chi connectivity index (χ1v) is 10.7. The van der Waals surface area contributed by atoms with Gasteiger partial charge in [-0.05, 0) is 76.6 Å². The second-order valence-electron chi connectivity index (χ2n) is 4.98. The van der Waals surface area contributed by atoms with E-state index in [2.05, 4.69) is 63.7 Å². The molecule has 0 saturated carbocycles. The normalized spacial score (nSPS) is 10.6. The zero-order valence-electron chi connectivity index (χ0n) is 13.4. The van der Waals surface area contributed by atoms with Gasteiger partial charge in [-0.2, -0.15) is 0 Å². The zero-order valence-corrected chi connectivity index (χ0v) is 19.7. The third kappa shape index (κ3) is 5.54. The summed E-state index contributed by atoms with van der Waals surface area (Å²) in [5, 5.41) is 0. The molecule has 0 aliphatic heterocycles. The molecule has 0 fully saturated rings. The molecule has 0 spiro atoms. The Hall–Kier alpha value is 0.0800. The lowest BCUT2D eigenvalue weighted by Gasteiger charge is -2.16. The van der Waals surface area contributed by atoms with E-state index in [0.29, 0.717) is 31.1 Å². The number of unbranched alkanes of at least 4 members (excludes halogenated alkanes) is 2. The fourth-order valence-corrected chi connectivity index (χ4v) is 4.22. The molecule has 0 radical (unpaired) electrons. The predicted octanol–water partition coefficient (Wildman–Crippen LogP) is 6.65. The molecule has 1 aromatic rings. The van der Waals surface area contributed by atoms with Crippen LogP contribution in [-0.4, -0.2) is 25.2 Å². The molecule has 0 bridgehead atoms. The predicted molar refractivity (Wildman–Crippen MR) is 108 cm³/mol. The van der Waals surface area contributed by atoms with E-state index >= 15 is 0 Å². The number of halogens is 4. The maximum Gasteiger partial charge on any atom is 0.340 e. The smallest absolute Gasteiger partial charge is 0.340 e. The van der Waals surface area contributed by atoms with Crippen molar-refractivity contribution in [2.45, 2.75) is 39.5 Å². The van der Waals surface area contributed by atoms with Crippen LogP contribution < -0.4 is 0 Å². The lowest BCUT2D eigenvalue weighted by atomic mass is 10.1. The Labute approximate surface area is 175 Å². The fourth-order valence-electron chi connectivity index (χ4n) is 1.78. The third-order valence-corrected chi connectivity index (χ3v) is 7.91. The van der Waals surface area contributed by atoms with Crippen LogP contribution in [0.15, 0.2) is 17.9 Å². The van der Waals surface area contributed by atoms with Crippen molar-refractivity contribution in [3.8, 4) is 0 Å². The largest absolute Gasteiger partial charge is 0.462 e. The van der Waals surface area contributed by atoms with Gasteiger partial charge in [0.2, 0.25) is 0 Å². The Morgan fingerprint density at radius 2 is 1.04 bits per heavy atom. The highest BCUT2D eigenvalue weighted by Gasteiger charge is 2.29. The van der Waals surface area contributed by atoms with E-state index in [-0.39, 0.29) is 11.1 Å². The van der Waals surface area contributed by atoms with Crippen LogP contribution >= 0.6 is 63.7 Å². The van der Waals surface area contributed by atoms with Gasteiger partial charge in [-0.15, -0.1) is 0 Å². The number of hydrogen-bond donors (Lipinski definition) is 0. The summed E-state index contributed by atoms with van der Waals surface area (Å²) in [5.74, 6) is -1.13. The van der Waals surface area contributed by atoms with Crippen molar-refractivity contribution in [1.29, 1.82) is 0 Å². The van der Waals surface area contributed by atoms with E-state index in [1.807, 2.05) is 13.8 Å². The van der Waals surface area contributed by atoms with Gasteiger partial charge in [0.05, 0.1) is 24.3 Å². The van der Waals surface area contributed by atoms with Crippen molar-refractivity contribution in [2.75, 3.05) is 13.2 Å². The van der Waals surface area contributed by atoms with Gasteiger partial charge in [-0.1, -0.05) is 26.7 Å². The number of rotatable bonds is 8. The van der Waals surface area contributed by atoms with Crippen LogP contribution in [0.1, 0.15) is 60.2 Å². The summed E-state index contributed by atoms with van der Waals surface area (Å²) >= 11 is 13.5. The van der Waals surface area contributed by atoms with Gasteiger partial charge < -0.3 is 9.47 Å². The van der Waals surface area contributed by atoms with Crippen molar-refractivity contribution in [1.82, 2.24) is 0 Å². The maximum absolute atomic E-state index is 12.5. The Balaban J connectivity index is 3.28. The Morgan fingerprint density at radius 3 is 1.33 bits per heavy atom. The quantitative estimate of drug-likeness (QED) is 0.147. The van der Waals surface area contributed by atoms with Gasteiger partial charge in [0.15, 0.2) is 0 Å². The Bertz CT molecular complexity index is 564. The van der Waals surface area contributed by atoms with Gasteiger partial charge in [-0.25, -0.2) is 9.59 Å². The van der Waals surface area contributed by atoms with Crippen molar-refractivity contribution >= 4 is 75.7 Å². The second kappa shape index (κ2) is 10.9. The zero-order chi connectivity index (χ0) is 18.3. The average molecular weight is 594 g/mol. The van der Waals surface area contributed by atoms with Gasteiger partial charge in [0.1, 0.15) is 0 Å². The first kappa shape index (κ1) is 22.1.